The van der Waals surface area contributed by atoms with Crippen LogP contribution in [0.4, 0.5) is 5.69 Å². The second-order valence-corrected chi connectivity index (χ2v) is 7.40. The van der Waals surface area contributed by atoms with Gasteiger partial charge in [0, 0.05) is 10.4 Å². The smallest absolute Gasteiger partial charge is 0.267 e. The Morgan fingerprint density at radius 2 is 1.77 bits per heavy atom. The number of carbonyl (C=O) groups is 1. The number of hydrogen-bond donors (Lipinski definition) is 0. The molecule has 0 unspecified atom stereocenters. The average Bonchev–Trinajstić information content (AvgIpc) is 3.28. The number of thiophene rings is 1. The number of halogens is 2. The Morgan fingerprint density at radius 1 is 0.962 bits per heavy atom. The van der Waals surface area contributed by atoms with Gasteiger partial charge in [0.25, 0.3) is 5.91 Å². The number of rotatable bonds is 3. The number of benzene rings is 2. The highest BCUT2D eigenvalue weighted by Crippen LogP contribution is 2.32. The summed E-state index contributed by atoms with van der Waals surface area (Å²) < 4.78 is 0. The van der Waals surface area contributed by atoms with Gasteiger partial charge in [0.2, 0.25) is 0 Å². The van der Waals surface area contributed by atoms with Crippen LogP contribution in [0, 0.1) is 0 Å². The maximum atomic E-state index is 13.1. The van der Waals surface area contributed by atoms with Gasteiger partial charge in [-0.15, -0.1) is 11.3 Å². The molecule has 26 heavy (non-hydrogen) atoms. The second-order valence-electron chi connectivity index (χ2n) is 5.60. The van der Waals surface area contributed by atoms with Crippen molar-refractivity contribution in [2.45, 2.75) is 0 Å². The predicted octanol–water partition coefficient (Wildman–Crippen LogP) is 5.89. The zero-order valence-corrected chi connectivity index (χ0v) is 15.7. The van der Waals surface area contributed by atoms with Crippen LogP contribution in [-0.4, -0.2) is 11.6 Å². The highest BCUT2D eigenvalue weighted by atomic mass is 35.5. The summed E-state index contributed by atoms with van der Waals surface area (Å²) in [5.74, 6) is -0.198. The topological polar surface area (TPSA) is 32.7 Å². The van der Waals surface area contributed by atoms with Crippen molar-refractivity contribution in [1.82, 2.24) is 0 Å². The molecular formula is C20H12Cl2N2OS. The molecule has 128 valence electrons. The lowest BCUT2D eigenvalue weighted by Crippen LogP contribution is -2.21. The van der Waals surface area contributed by atoms with E-state index in [2.05, 4.69) is 5.10 Å². The molecule has 1 aliphatic rings. The summed E-state index contributed by atoms with van der Waals surface area (Å²) in [4.78, 5) is 14.1. The van der Waals surface area contributed by atoms with Crippen molar-refractivity contribution >= 4 is 57.9 Å². The third kappa shape index (κ3) is 3.19. The normalized spacial score (nSPS) is 15.6. The first-order chi connectivity index (χ1) is 12.6. The molecule has 2 heterocycles. The molecule has 4 rings (SSSR count). The van der Waals surface area contributed by atoms with Gasteiger partial charge in [-0.25, -0.2) is 0 Å². The highest BCUT2D eigenvalue weighted by molar-refractivity contribution is 7.10. The number of hydrogen-bond acceptors (Lipinski definition) is 3. The van der Waals surface area contributed by atoms with Crippen molar-refractivity contribution in [3.63, 3.8) is 0 Å². The summed E-state index contributed by atoms with van der Waals surface area (Å²) >= 11 is 13.7. The molecule has 0 N–H and O–H groups in total. The molecule has 0 spiro atoms. The predicted molar refractivity (Wildman–Crippen MR) is 109 cm³/mol. The lowest BCUT2D eigenvalue weighted by molar-refractivity contribution is -0.114. The zero-order chi connectivity index (χ0) is 18.1. The van der Waals surface area contributed by atoms with Gasteiger partial charge in [0.15, 0.2) is 0 Å². The third-order valence-corrected chi connectivity index (χ3v) is 5.46. The Bertz CT molecular complexity index is 1030. The number of nitrogens with zero attached hydrogens (tertiary/aromatic N) is 2. The maximum absolute atomic E-state index is 13.1. The maximum Gasteiger partial charge on any atom is 0.281 e. The summed E-state index contributed by atoms with van der Waals surface area (Å²) in [5.41, 5.74) is 2.64. The highest BCUT2D eigenvalue weighted by Gasteiger charge is 2.32. The van der Waals surface area contributed by atoms with Crippen LogP contribution in [0.15, 0.2) is 76.7 Å². The number of anilines is 1. The first-order valence-electron chi connectivity index (χ1n) is 7.82. The van der Waals surface area contributed by atoms with Crippen LogP contribution in [0.2, 0.25) is 10.0 Å². The Kier molecular flexibility index (Phi) is 4.64. The molecule has 1 amide bonds. The largest absolute Gasteiger partial charge is 0.281 e. The minimum absolute atomic E-state index is 0.198. The molecule has 0 saturated heterocycles. The summed E-state index contributed by atoms with van der Waals surface area (Å²) in [7, 11) is 0. The standard InChI is InChI=1S/C20H12Cl2N2OS/c21-17-9-8-14(11-18(17)22)24-20(25)16(12-15-7-4-10-26-15)19(23-24)13-5-2-1-3-6-13/h1-12H/b16-12-. The van der Waals surface area contributed by atoms with E-state index in [-0.39, 0.29) is 5.91 Å². The van der Waals surface area contributed by atoms with E-state index in [4.69, 9.17) is 23.2 Å². The summed E-state index contributed by atoms with van der Waals surface area (Å²) in [6, 6.07) is 18.6. The van der Waals surface area contributed by atoms with E-state index < -0.39 is 0 Å². The third-order valence-electron chi connectivity index (χ3n) is 3.90. The van der Waals surface area contributed by atoms with Gasteiger partial charge in [-0.05, 0) is 35.7 Å². The SMILES string of the molecule is O=C1/C(=C\c2cccs2)C(c2ccccc2)=NN1c1ccc(Cl)c(Cl)c1. The molecule has 2 aromatic carbocycles. The molecule has 0 bridgehead atoms. The fourth-order valence-electron chi connectivity index (χ4n) is 2.66. The summed E-state index contributed by atoms with van der Waals surface area (Å²) in [6.45, 7) is 0. The first kappa shape index (κ1) is 17.0. The number of hydrazone groups is 1. The molecule has 3 nitrogen and oxygen atoms in total. The molecule has 1 aliphatic heterocycles. The molecule has 0 saturated carbocycles. The molecular weight excluding hydrogens is 387 g/mol. The van der Waals surface area contributed by atoms with Crippen LogP contribution < -0.4 is 5.01 Å². The van der Waals surface area contributed by atoms with E-state index in [0.717, 1.165) is 10.4 Å². The van der Waals surface area contributed by atoms with Crippen LogP contribution in [0.25, 0.3) is 6.08 Å². The van der Waals surface area contributed by atoms with Crippen LogP contribution in [0.5, 0.6) is 0 Å². The van der Waals surface area contributed by atoms with E-state index >= 15 is 0 Å². The van der Waals surface area contributed by atoms with Crippen molar-refractivity contribution in [3.05, 3.63) is 92.1 Å². The van der Waals surface area contributed by atoms with E-state index in [1.54, 1.807) is 29.5 Å². The monoisotopic (exact) mass is 398 g/mol. The average molecular weight is 399 g/mol. The lowest BCUT2D eigenvalue weighted by atomic mass is 10.0. The van der Waals surface area contributed by atoms with Crippen LogP contribution in [0.3, 0.4) is 0 Å². The Morgan fingerprint density at radius 3 is 2.46 bits per heavy atom. The van der Waals surface area contributed by atoms with Crippen molar-refractivity contribution in [2.75, 3.05) is 5.01 Å². The fraction of sp³-hybridized carbons (Fsp3) is 0. The fourth-order valence-corrected chi connectivity index (χ4v) is 3.61. The van der Waals surface area contributed by atoms with Gasteiger partial charge >= 0.3 is 0 Å². The molecule has 3 aromatic rings. The number of amides is 1. The van der Waals surface area contributed by atoms with Gasteiger partial charge < -0.3 is 0 Å². The van der Waals surface area contributed by atoms with E-state index in [1.807, 2.05) is 53.9 Å². The van der Waals surface area contributed by atoms with Gasteiger partial charge in [-0.3, -0.25) is 4.79 Å². The lowest BCUT2D eigenvalue weighted by Gasteiger charge is -2.12. The zero-order valence-electron chi connectivity index (χ0n) is 13.4. The van der Waals surface area contributed by atoms with Crippen LogP contribution in [-0.2, 0) is 4.79 Å². The van der Waals surface area contributed by atoms with E-state index in [1.165, 1.54) is 5.01 Å². The van der Waals surface area contributed by atoms with E-state index in [9.17, 15) is 4.79 Å². The van der Waals surface area contributed by atoms with Crippen molar-refractivity contribution in [1.29, 1.82) is 0 Å². The second kappa shape index (κ2) is 7.08. The Labute approximate surface area is 164 Å². The molecule has 0 fully saturated rings. The van der Waals surface area contributed by atoms with Gasteiger partial charge in [0.05, 0.1) is 21.3 Å². The molecule has 0 aliphatic carbocycles. The minimum atomic E-state index is -0.198. The molecule has 0 radical (unpaired) electrons. The quantitative estimate of drug-likeness (QED) is 0.506. The summed E-state index contributed by atoms with van der Waals surface area (Å²) in [6.07, 6.45) is 1.87. The number of carbonyl (C=O) groups excluding carboxylic acids is 1. The van der Waals surface area contributed by atoms with Crippen LogP contribution >= 0.6 is 34.5 Å². The van der Waals surface area contributed by atoms with Crippen molar-refractivity contribution < 1.29 is 4.79 Å². The van der Waals surface area contributed by atoms with E-state index in [0.29, 0.717) is 27.0 Å². The Balaban J connectivity index is 1.83. The first-order valence-corrected chi connectivity index (χ1v) is 9.46. The van der Waals surface area contributed by atoms with Crippen molar-refractivity contribution in [2.24, 2.45) is 5.10 Å². The van der Waals surface area contributed by atoms with Gasteiger partial charge in [-0.1, -0.05) is 59.6 Å². The van der Waals surface area contributed by atoms with Crippen LogP contribution in [0.1, 0.15) is 10.4 Å². The molecule has 6 heteroatoms. The Hall–Kier alpha value is -2.40. The van der Waals surface area contributed by atoms with Gasteiger partial charge in [-0.2, -0.15) is 10.1 Å². The summed E-state index contributed by atoms with van der Waals surface area (Å²) in [5, 5.41) is 8.73. The molecule has 0 atom stereocenters. The van der Waals surface area contributed by atoms with Gasteiger partial charge in [0.1, 0.15) is 5.71 Å². The minimum Gasteiger partial charge on any atom is -0.267 e. The molecule has 1 aromatic heterocycles. The van der Waals surface area contributed by atoms with Crippen molar-refractivity contribution in [3.8, 4) is 0 Å².